The van der Waals surface area contributed by atoms with Crippen molar-refractivity contribution in [3.05, 3.63) is 29.8 Å². The zero-order valence-corrected chi connectivity index (χ0v) is 10.9. The molecule has 0 radical (unpaired) electrons. The quantitative estimate of drug-likeness (QED) is 0.800. The van der Waals surface area contributed by atoms with Crippen LogP contribution in [0.2, 0.25) is 0 Å². The van der Waals surface area contributed by atoms with Crippen molar-refractivity contribution in [2.24, 2.45) is 0 Å². The largest absolute Gasteiger partial charge is 0.481 e. The number of carbonyl (C=O) groups excluding carboxylic acids is 1. The van der Waals surface area contributed by atoms with E-state index < -0.39 is 36.2 Å². The van der Waals surface area contributed by atoms with Gasteiger partial charge in [0.05, 0.1) is 0 Å². The normalized spacial score (nSPS) is 11.8. The minimum atomic E-state index is -1.15. The van der Waals surface area contributed by atoms with Crippen LogP contribution in [0.15, 0.2) is 18.2 Å². The van der Waals surface area contributed by atoms with E-state index in [9.17, 15) is 18.4 Å². The van der Waals surface area contributed by atoms with Crippen molar-refractivity contribution in [3.8, 4) is 5.75 Å². The van der Waals surface area contributed by atoms with Crippen LogP contribution >= 0.6 is 0 Å². The summed E-state index contributed by atoms with van der Waals surface area (Å²) in [6, 6.07) is 1.67. The maximum absolute atomic E-state index is 13.2. The minimum absolute atomic E-state index is 0.274. The lowest BCUT2D eigenvalue weighted by molar-refractivity contribution is -0.142. The highest BCUT2D eigenvalue weighted by molar-refractivity contribution is 5.84. The minimum Gasteiger partial charge on any atom is -0.481 e. The fraction of sp³-hybridized carbons (Fsp3) is 0.385. The molecular weight excluding hydrogens is 272 g/mol. The van der Waals surface area contributed by atoms with Gasteiger partial charge in [0.25, 0.3) is 5.91 Å². The molecule has 0 aliphatic heterocycles. The number of rotatable bonds is 7. The number of nitrogens with one attached hydrogen (secondary N) is 1. The number of benzene rings is 1. The highest BCUT2D eigenvalue weighted by Gasteiger charge is 2.19. The first kappa shape index (κ1) is 15.9. The summed E-state index contributed by atoms with van der Waals surface area (Å²) in [5.74, 6) is -3.79. The molecule has 0 unspecified atom stereocenters. The van der Waals surface area contributed by atoms with E-state index in [1.165, 1.54) is 0 Å². The molecule has 0 fully saturated rings. The molecule has 5 nitrogen and oxygen atoms in total. The van der Waals surface area contributed by atoms with Crippen LogP contribution in [-0.4, -0.2) is 29.6 Å². The van der Waals surface area contributed by atoms with Gasteiger partial charge in [0, 0.05) is 6.07 Å². The van der Waals surface area contributed by atoms with Crippen LogP contribution in [0.25, 0.3) is 0 Å². The van der Waals surface area contributed by atoms with Crippen molar-refractivity contribution in [1.29, 1.82) is 0 Å². The Morgan fingerprint density at radius 2 is 2.10 bits per heavy atom. The Hall–Kier alpha value is -2.18. The standard InChI is InChI=1S/C13H15F2NO4/c1-2-3-10(13(18)19)16-12(17)7-20-11-5-4-8(14)6-9(11)15/h4-6,10H,2-3,7H2,1H3,(H,16,17)(H,18,19)/t10-/m0/s1. The number of carboxylic acid groups (broad SMARTS) is 1. The molecule has 0 aliphatic carbocycles. The summed E-state index contributed by atoms with van der Waals surface area (Å²) in [5.41, 5.74) is 0. The predicted octanol–water partition coefficient (Wildman–Crippen LogP) is 1.71. The molecule has 0 saturated carbocycles. The summed E-state index contributed by atoms with van der Waals surface area (Å²) in [4.78, 5) is 22.3. The number of ether oxygens (including phenoxy) is 1. The molecule has 0 aliphatic rings. The Morgan fingerprint density at radius 1 is 1.40 bits per heavy atom. The second-order valence-electron chi connectivity index (χ2n) is 4.11. The van der Waals surface area contributed by atoms with Gasteiger partial charge in [0.1, 0.15) is 11.9 Å². The van der Waals surface area contributed by atoms with E-state index >= 15 is 0 Å². The summed E-state index contributed by atoms with van der Waals surface area (Å²) < 4.78 is 30.7. The fourth-order valence-electron chi connectivity index (χ4n) is 1.52. The lowest BCUT2D eigenvalue weighted by Gasteiger charge is -2.14. The first-order valence-corrected chi connectivity index (χ1v) is 6.04. The first-order chi connectivity index (χ1) is 9.43. The number of hydrogen-bond donors (Lipinski definition) is 2. The zero-order valence-electron chi connectivity index (χ0n) is 10.9. The van der Waals surface area contributed by atoms with Gasteiger partial charge in [-0.2, -0.15) is 0 Å². The van der Waals surface area contributed by atoms with Gasteiger partial charge in [-0.15, -0.1) is 0 Å². The van der Waals surface area contributed by atoms with E-state index in [-0.39, 0.29) is 12.2 Å². The molecule has 20 heavy (non-hydrogen) atoms. The van der Waals surface area contributed by atoms with Crippen LogP contribution in [0.4, 0.5) is 8.78 Å². The van der Waals surface area contributed by atoms with Gasteiger partial charge in [-0.25, -0.2) is 13.6 Å². The summed E-state index contributed by atoms with van der Waals surface area (Å²) in [5, 5.41) is 11.1. The van der Waals surface area contributed by atoms with E-state index in [0.29, 0.717) is 12.5 Å². The van der Waals surface area contributed by atoms with Crippen LogP contribution in [0.3, 0.4) is 0 Å². The highest BCUT2D eigenvalue weighted by atomic mass is 19.1. The van der Waals surface area contributed by atoms with Gasteiger partial charge in [0.2, 0.25) is 0 Å². The van der Waals surface area contributed by atoms with Crippen molar-refractivity contribution in [1.82, 2.24) is 5.32 Å². The Balaban J connectivity index is 2.52. The molecular formula is C13H15F2NO4. The van der Waals surface area contributed by atoms with E-state index in [0.717, 1.165) is 12.1 Å². The molecule has 0 heterocycles. The molecule has 0 aromatic heterocycles. The van der Waals surface area contributed by atoms with Crippen molar-refractivity contribution in [2.45, 2.75) is 25.8 Å². The zero-order chi connectivity index (χ0) is 15.1. The average Bonchev–Trinajstić information content (AvgIpc) is 2.37. The third-order valence-electron chi connectivity index (χ3n) is 2.46. The Morgan fingerprint density at radius 3 is 2.65 bits per heavy atom. The molecule has 2 N–H and O–H groups in total. The van der Waals surface area contributed by atoms with Crippen molar-refractivity contribution < 1.29 is 28.2 Å². The van der Waals surface area contributed by atoms with E-state index in [1.54, 1.807) is 6.92 Å². The molecule has 0 saturated heterocycles. The molecule has 7 heteroatoms. The second kappa shape index (κ2) is 7.42. The molecule has 1 aromatic rings. The summed E-state index contributed by atoms with van der Waals surface area (Å²) >= 11 is 0. The highest BCUT2D eigenvalue weighted by Crippen LogP contribution is 2.17. The number of carbonyl (C=O) groups is 2. The summed E-state index contributed by atoms with van der Waals surface area (Å²) in [6.45, 7) is 1.24. The molecule has 1 rings (SSSR count). The number of hydrogen-bond acceptors (Lipinski definition) is 3. The number of aliphatic carboxylic acids is 1. The van der Waals surface area contributed by atoms with E-state index in [4.69, 9.17) is 9.84 Å². The molecule has 1 atom stereocenters. The van der Waals surface area contributed by atoms with Gasteiger partial charge >= 0.3 is 5.97 Å². The Bertz CT molecular complexity index is 493. The maximum Gasteiger partial charge on any atom is 0.326 e. The lowest BCUT2D eigenvalue weighted by Crippen LogP contribution is -2.42. The van der Waals surface area contributed by atoms with Gasteiger partial charge in [-0.1, -0.05) is 13.3 Å². The third kappa shape index (κ3) is 4.83. The van der Waals surface area contributed by atoms with Crippen molar-refractivity contribution in [2.75, 3.05) is 6.61 Å². The average molecular weight is 287 g/mol. The number of carboxylic acids is 1. The fourth-order valence-corrected chi connectivity index (χ4v) is 1.52. The second-order valence-corrected chi connectivity index (χ2v) is 4.11. The molecule has 1 amide bonds. The van der Waals surface area contributed by atoms with E-state index in [1.807, 2.05) is 0 Å². The lowest BCUT2D eigenvalue weighted by atomic mass is 10.2. The first-order valence-electron chi connectivity index (χ1n) is 6.04. The van der Waals surface area contributed by atoms with Gasteiger partial charge in [-0.05, 0) is 18.6 Å². The van der Waals surface area contributed by atoms with Crippen LogP contribution in [-0.2, 0) is 9.59 Å². The molecule has 110 valence electrons. The summed E-state index contributed by atoms with van der Waals surface area (Å²) in [6.07, 6.45) is 0.872. The van der Waals surface area contributed by atoms with Crippen LogP contribution in [0.1, 0.15) is 19.8 Å². The predicted molar refractivity (Wildman–Crippen MR) is 66.3 cm³/mol. The van der Waals surface area contributed by atoms with Crippen LogP contribution < -0.4 is 10.1 Å². The number of halogens is 2. The van der Waals surface area contributed by atoms with Crippen LogP contribution in [0.5, 0.6) is 5.75 Å². The van der Waals surface area contributed by atoms with Gasteiger partial charge < -0.3 is 15.2 Å². The smallest absolute Gasteiger partial charge is 0.326 e. The van der Waals surface area contributed by atoms with Crippen molar-refractivity contribution in [3.63, 3.8) is 0 Å². The van der Waals surface area contributed by atoms with Crippen molar-refractivity contribution >= 4 is 11.9 Å². The monoisotopic (exact) mass is 287 g/mol. The molecule has 0 bridgehead atoms. The summed E-state index contributed by atoms with van der Waals surface area (Å²) in [7, 11) is 0. The maximum atomic E-state index is 13.2. The number of amides is 1. The topological polar surface area (TPSA) is 75.6 Å². The van der Waals surface area contributed by atoms with Gasteiger partial charge in [-0.3, -0.25) is 4.79 Å². The van der Waals surface area contributed by atoms with Crippen LogP contribution in [0, 0.1) is 11.6 Å². The van der Waals surface area contributed by atoms with Gasteiger partial charge in [0.15, 0.2) is 18.2 Å². The third-order valence-corrected chi connectivity index (χ3v) is 2.46. The van der Waals surface area contributed by atoms with E-state index in [2.05, 4.69) is 5.32 Å². The SMILES string of the molecule is CCC[C@H](NC(=O)COc1ccc(F)cc1F)C(=O)O. The molecule has 1 aromatic carbocycles. The molecule has 0 spiro atoms. The Kier molecular flexibility index (Phi) is 5.89. The Labute approximate surface area is 114 Å².